The predicted octanol–water partition coefficient (Wildman–Crippen LogP) is 4.44. The molecule has 0 unspecified atom stereocenters. The highest BCUT2D eigenvalue weighted by Crippen LogP contribution is 1.99. The van der Waals surface area contributed by atoms with Gasteiger partial charge in [0.15, 0.2) is 0 Å². The molecule has 1 rings (SSSR count). The summed E-state index contributed by atoms with van der Waals surface area (Å²) in [5.74, 6) is 2.22. The number of allylic oxidation sites excluding steroid dienone is 2. The van der Waals surface area contributed by atoms with Crippen LogP contribution in [0.5, 0.6) is 0 Å². The van der Waals surface area contributed by atoms with Gasteiger partial charge in [-0.15, -0.1) is 6.58 Å². The molecule has 80 valence electrons. The molecule has 0 heterocycles. The van der Waals surface area contributed by atoms with Gasteiger partial charge in [-0.3, -0.25) is 5.41 Å². The molecule has 0 atom stereocenters. The molecule has 0 aliphatic carbocycles. The van der Waals surface area contributed by atoms with Gasteiger partial charge < -0.3 is 0 Å². The van der Waals surface area contributed by atoms with Crippen LogP contribution in [-0.4, -0.2) is 5.87 Å². The minimum Gasteiger partial charge on any atom is -0.259 e. The van der Waals surface area contributed by atoms with E-state index in [4.69, 9.17) is 5.41 Å². The minimum atomic E-state index is 0.954. The van der Waals surface area contributed by atoms with Gasteiger partial charge in [-0.25, -0.2) is 0 Å². The van der Waals surface area contributed by atoms with Crippen molar-refractivity contribution in [3.05, 3.63) is 52.6 Å². The summed E-state index contributed by atoms with van der Waals surface area (Å²) in [6.07, 6.45) is 6.70. The van der Waals surface area contributed by atoms with Crippen LogP contribution in [0.4, 0.5) is 0 Å². The summed E-state index contributed by atoms with van der Waals surface area (Å²) >= 11 is 2.28. The molecule has 1 N–H and O–H groups in total. The number of rotatable bonds is 4. The van der Waals surface area contributed by atoms with Gasteiger partial charge in [0.2, 0.25) is 0 Å². The van der Waals surface area contributed by atoms with Crippen LogP contribution in [0.3, 0.4) is 0 Å². The largest absolute Gasteiger partial charge is 0.259 e. The lowest BCUT2D eigenvalue weighted by Crippen LogP contribution is -1.66. The van der Waals surface area contributed by atoms with Crippen molar-refractivity contribution >= 4 is 28.5 Å². The molecule has 0 bridgehead atoms. The monoisotopic (exact) mass is 313 g/mol. The van der Waals surface area contributed by atoms with Crippen LogP contribution in [0.2, 0.25) is 0 Å². The van der Waals surface area contributed by atoms with E-state index in [1.807, 2.05) is 24.3 Å². The average Bonchev–Trinajstić information content (AvgIpc) is 2.27. The van der Waals surface area contributed by atoms with E-state index in [1.165, 1.54) is 3.57 Å². The number of benzene rings is 1. The number of unbranched alkanes of at least 4 members (excludes halogenated alkanes) is 2. The third-order valence-corrected chi connectivity index (χ3v) is 2.31. The summed E-state index contributed by atoms with van der Waals surface area (Å²) in [6.45, 7) is 3.58. The van der Waals surface area contributed by atoms with Crippen LogP contribution in [0, 0.1) is 8.98 Å². The van der Waals surface area contributed by atoms with E-state index in [1.54, 1.807) is 6.08 Å². The average molecular weight is 313 g/mol. The highest BCUT2D eigenvalue weighted by atomic mass is 127. The molecule has 0 aliphatic rings. The van der Waals surface area contributed by atoms with E-state index in [9.17, 15) is 0 Å². The Balaban J connectivity index is 0.000000262. The second-order valence-electron chi connectivity index (χ2n) is 2.86. The zero-order valence-electron chi connectivity index (χ0n) is 8.75. The van der Waals surface area contributed by atoms with Crippen LogP contribution >= 0.6 is 22.6 Å². The third kappa shape index (κ3) is 11.1. The highest BCUT2D eigenvalue weighted by molar-refractivity contribution is 14.1. The SMILES string of the molecule is C=CCCCC=C=N.Ic1ccccc1. The summed E-state index contributed by atoms with van der Waals surface area (Å²) in [6, 6.07) is 10.2. The molecule has 0 saturated heterocycles. The van der Waals surface area contributed by atoms with Crippen LogP contribution < -0.4 is 0 Å². The van der Waals surface area contributed by atoms with E-state index < -0.39 is 0 Å². The van der Waals surface area contributed by atoms with Crippen LogP contribution in [0.1, 0.15) is 19.3 Å². The van der Waals surface area contributed by atoms with Gasteiger partial charge in [0.25, 0.3) is 0 Å². The van der Waals surface area contributed by atoms with Gasteiger partial charge >= 0.3 is 0 Å². The molecule has 1 aromatic rings. The lowest BCUT2D eigenvalue weighted by Gasteiger charge is -1.83. The van der Waals surface area contributed by atoms with Gasteiger partial charge in [0.05, 0.1) is 0 Å². The number of hydrogen-bond acceptors (Lipinski definition) is 1. The van der Waals surface area contributed by atoms with Crippen molar-refractivity contribution in [1.29, 1.82) is 5.41 Å². The first-order valence-electron chi connectivity index (χ1n) is 4.86. The fourth-order valence-corrected chi connectivity index (χ4v) is 1.27. The maximum atomic E-state index is 6.51. The fourth-order valence-electron chi connectivity index (χ4n) is 0.851. The quantitative estimate of drug-likeness (QED) is 0.368. The Hall–Kier alpha value is -0.860. The highest BCUT2D eigenvalue weighted by Gasteiger charge is 1.75. The molecular weight excluding hydrogens is 297 g/mol. The first kappa shape index (κ1) is 14.1. The van der Waals surface area contributed by atoms with Gasteiger partial charge in [-0.05, 0) is 65.9 Å². The summed E-state index contributed by atoms with van der Waals surface area (Å²) < 4.78 is 1.29. The molecule has 1 aromatic carbocycles. The summed E-state index contributed by atoms with van der Waals surface area (Å²) in [4.78, 5) is 0. The summed E-state index contributed by atoms with van der Waals surface area (Å²) in [5, 5.41) is 6.51. The Morgan fingerprint density at radius 3 is 2.33 bits per heavy atom. The molecule has 15 heavy (non-hydrogen) atoms. The Morgan fingerprint density at radius 2 is 1.93 bits per heavy atom. The predicted molar refractivity (Wildman–Crippen MR) is 75.5 cm³/mol. The first-order chi connectivity index (χ1) is 7.31. The minimum absolute atomic E-state index is 0.954. The Kier molecular flexibility index (Phi) is 10.6. The second kappa shape index (κ2) is 11.2. The Morgan fingerprint density at radius 1 is 1.27 bits per heavy atom. The zero-order valence-corrected chi connectivity index (χ0v) is 10.9. The van der Waals surface area contributed by atoms with Gasteiger partial charge in [-0.2, -0.15) is 0 Å². The van der Waals surface area contributed by atoms with Gasteiger partial charge in [0, 0.05) is 3.57 Å². The van der Waals surface area contributed by atoms with Crippen molar-refractivity contribution in [2.45, 2.75) is 19.3 Å². The van der Waals surface area contributed by atoms with Crippen molar-refractivity contribution < 1.29 is 0 Å². The number of halogens is 1. The standard InChI is InChI=1S/C7H11N.C6H5I/c1-2-3-4-5-6-7-8;7-6-4-2-1-3-5-6/h2,6,8H,1,3-5H2;1-5H. The maximum Gasteiger partial charge on any atom is 0.0130 e. The maximum absolute atomic E-state index is 6.51. The van der Waals surface area contributed by atoms with Gasteiger partial charge in [-0.1, -0.05) is 24.3 Å². The zero-order chi connectivity index (χ0) is 11.4. The van der Waals surface area contributed by atoms with Crippen molar-refractivity contribution in [3.63, 3.8) is 0 Å². The van der Waals surface area contributed by atoms with Crippen molar-refractivity contribution in [1.82, 2.24) is 0 Å². The van der Waals surface area contributed by atoms with Gasteiger partial charge in [0.1, 0.15) is 0 Å². The van der Waals surface area contributed by atoms with E-state index in [0.29, 0.717) is 0 Å². The summed E-state index contributed by atoms with van der Waals surface area (Å²) in [7, 11) is 0. The smallest absolute Gasteiger partial charge is 0.0130 e. The van der Waals surface area contributed by atoms with E-state index in [2.05, 4.69) is 47.2 Å². The third-order valence-electron chi connectivity index (χ3n) is 1.59. The van der Waals surface area contributed by atoms with Crippen LogP contribution in [0.15, 0.2) is 49.1 Å². The number of nitrogens with one attached hydrogen (secondary N) is 1. The topological polar surface area (TPSA) is 23.9 Å². The molecular formula is C13H16IN. The van der Waals surface area contributed by atoms with Crippen molar-refractivity contribution in [2.24, 2.45) is 0 Å². The molecule has 0 aliphatic heterocycles. The lowest BCUT2D eigenvalue weighted by atomic mass is 10.2. The van der Waals surface area contributed by atoms with Crippen LogP contribution in [-0.2, 0) is 0 Å². The molecule has 1 nitrogen and oxygen atoms in total. The van der Waals surface area contributed by atoms with E-state index in [-0.39, 0.29) is 0 Å². The first-order valence-corrected chi connectivity index (χ1v) is 5.94. The molecule has 0 aromatic heterocycles. The molecule has 0 amide bonds. The molecule has 0 fully saturated rings. The number of hydrogen-bond donors (Lipinski definition) is 1. The molecule has 0 spiro atoms. The lowest BCUT2D eigenvalue weighted by molar-refractivity contribution is 0.873. The van der Waals surface area contributed by atoms with Crippen LogP contribution in [0.25, 0.3) is 0 Å². The molecule has 0 saturated carbocycles. The molecule has 0 radical (unpaired) electrons. The Bertz CT molecular complexity index is 300. The summed E-state index contributed by atoms with van der Waals surface area (Å²) in [5.41, 5.74) is 0. The van der Waals surface area contributed by atoms with E-state index in [0.717, 1.165) is 19.3 Å². The fraction of sp³-hybridized carbons (Fsp3) is 0.231. The molecule has 2 heteroatoms. The van der Waals surface area contributed by atoms with E-state index >= 15 is 0 Å². The van der Waals surface area contributed by atoms with Crippen molar-refractivity contribution in [2.75, 3.05) is 0 Å². The normalized spacial score (nSPS) is 8.07. The Labute approximate surface area is 106 Å². The van der Waals surface area contributed by atoms with Crippen molar-refractivity contribution in [3.8, 4) is 0 Å². The second-order valence-corrected chi connectivity index (χ2v) is 4.11.